The normalized spacial score (nSPS) is 10.8. The summed E-state index contributed by atoms with van der Waals surface area (Å²) in [6, 6.07) is 9.70. The number of thiazole rings is 1. The number of nitro groups is 1. The number of amides is 1. The highest BCUT2D eigenvalue weighted by Gasteiger charge is 2.24. The van der Waals surface area contributed by atoms with Crippen LogP contribution in [-0.2, 0) is 20.9 Å². The molecule has 0 spiro atoms. The first kappa shape index (κ1) is 26.0. The molecule has 0 radical (unpaired) electrons. The molecule has 3 rings (SSSR count). The Morgan fingerprint density at radius 3 is 2.57 bits per heavy atom. The number of rotatable bonds is 12. The van der Waals surface area contributed by atoms with Gasteiger partial charge in [0.05, 0.1) is 10.6 Å². The second kappa shape index (κ2) is 12.2. The lowest BCUT2D eigenvalue weighted by molar-refractivity contribution is -0.386. The number of aromatic nitrogens is 3. The van der Waals surface area contributed by atoms with E-state index in [1.165, 1.54) is 29.9 Å². The van der Waals surface area contributed by atoms with Gasteiger partial charge in [-0.3, -0.25) is 29.3 Å². The fourth-order valence-electron chi connectivity index (χ4n) is 3.65. The van der Waals surface area contributed by atoms with Crippen LogP contribution < -0.4 is 4.90 Å². The number of carbonyl (C=O) groups is 2. The maximum absolute atomic E-state index is 13.0. The van der Waals surface area contributed by atoms with Crippen molar-refractivity contribution in [3.05, 3.63) is 57.2 Å². The van der Waals surface area contributed by atoms with Gasteiger partial charge in [-0.2, -0.15) is 5.10 Å². The third-order valence-corrected chi connectivity index (χ3v) is 6.35. The minimum atomic E-state index is -0.700. The number of carbonyl (C=O) groups excluding carboxylic acids is 2. The van der Waals surface area contributed by atoms with Gasteiger partial charge in [-0.1, -0.05) is 56.5 Å². The van der Waals surface area contributed by atoms with E-state index in [0.717, 1.165) is 36.9 Å². The molecule has 3 aromatic rings. The van der Waals surface area contributed by atoms with Crippen molar-refractivity contribution in [2.24, 2.45) is 0 Å². The van der Waals surface area contributed by atoms with Crippen LogP contribution in [0.5, 0.6) is 0 Å². The van der Waals surface area contributed by atoms with Gasteiger partial charge in [0.25, 0.3) is 5.91 Å². The maximum atomic E-state index is 13.0. The van der Waals surface area contributed by atoms with Crippen LogP contribution in [0.15, 0.2) is 35.7 Å². The van der Waals surface area contributed by atoms with Gasteiger partial charge in [0.1, 0.15) is 17.9 Å². The second-order valence-electron chi connectivity index (χ2n) is 8.08. The van der Waals surface area contributed by atoms with Crippen molar-refractivity contribution in [3.63, 3.8) is 0 Å². The molecule has 0 unspecified atom stereocenters. The highest BCUT2D eigenvalue weighted by atomic mass is 32.1. The van der Waals surface area contributed by atoms with Crippen LogP contribution in [0.3, 0.4) is 0 Å². The molecule has 186 valence electrons. The van der Waals surface area contributed by atoms with Crippen LogP contribution in [0, 0.1) is 24.0 Å². The number of benzene rings is 1. The fourth-order valence-corrected chi connectivity index (χ4v) is 4.52. The Balaban J connectivity index is 1.66. The molecular formula is C24H29N5O5S. The Hall–Kier alpha value is -3.60. The molecule has 1 amide bonds. The zero-order valence-electron chi connectivity index (χ0n) is 20.1. The Bertz CT molecular complexity index is 1170. The topological polar surface area (TPSA) is 120 Å². The van der Waals surface area contributed by atoms with E-state index >= 15 is 0 Å². The first-order valence-electron chi connectivity index (χ1n) is 11.5. The maximum Gasteiger partial charge on any atom is 0.328 e. The summed E-state index contributed by atoms with van der Waals surface area (Å²) < 4.78 is 6.43. The molecule has 0 saturated heterocycles. The smallest absolute Gasteiger partial charge is 0.328 e. The van der Waals surface area contributed by atoms with E-state index in [1.807, 2.05) is 35.7 Å². The Morgan fingerprint density at radius 1 is 1.17 bits per heavy atom. The summed E-state index contributed by atoms with van der Waals surface area (Å²) >= 11 is 1.37. The van der Waals surface area contributed by atoms with Gasteiger partial charge in [0, 0.05) is 17.5 Å². The monoisotopic (exact) mass is 499 g/mol. The first-order valence-corrected chi connectivity index (χ1v) is 12.3. The lowest BCUT2D eigenvalue weighted by atomic mass is 10.2. The standard InChI is InChI=1S/C24H29N5O5S/c1-4-5-6-10-13-27(24-25-20(16-35-24)19-11-8-7-9-12-19)21(30)15-34-22(31)14-28-18(3)23(29(32)33)17(2)26-28/h7-9,11-12,16H,4-6,10,13-15H2,1-3H3. The molecule has 0 N–H and O–H groups in total. The van der Waals surface area contributed by atoms with E-state index in [4.69, 9.17) is 4.74 Å². The average molecular weight is 500 g/mol. The van der Waals surface area contributed by atoms with Gasteiger partial charge >= 0.3 is 11.7 Å². The van der Waals surface area contributed by atoms with Crippen molar-refractivity contribution < 1.29 is 19.2 Å². The zero-order chi connectivity index (χ0) is 25.4. The molecule has 0 saturated carbocycles. The molecular weight excluding hydrogens is 470 g/mol. The Kier molecular flexibility index (Phi) is 9.07. The van der Waals surface area contributed by atoms with Gasteiger partial charge < -0.3 is 4.74 Å². The molecule has 2 aromatic heterocycles. The van der Waals surface area contributed by atoms with Gasteiger partial charge in [-0.05, 0) is 20.3 Å². The van der Waals surface area contributed by atoms with Crippen LogP contribution in [0.1, 0.15) is 44.0 Å². The largest absolute Gasteiger partial charge is 0.454 e. The summed E-state index contributed by atoms with van der Waals surface area (Å²) in [6.45, 7) is 4.84. The number of ether oxygens (including phenoxy) is 1. The van der Waals surface area contributed by atoms with Crippen molar-refractivity contribution in [3.8, 4) is 11.3 Å². The van der Waals surface area contributed by atoms with Gasteiger partial charge in [0.2, 0.25) is 0 Å². The molecule has 0 aliphatic carbocycles. The summed E-state index contributed by atoms with van der Waals surface area (Å²) in [7, 11) is 0. The zero-order valence-corrected chi connectivity index (χ0v) is 20.9. The predicted octanol–water partition coefficient (Wildman–Crippen LogP) is 4.69. The van der Waals surface area contributed by atoms with E-state index in [0.29, 0.717) is 11.7 Å². The molecule has 0 aliphatic heterocycles. The molecule has 35 heavy (non-hydrogen) atoms. The number of hydrogen-bond donors (Lipinski definition) is 0. The van der Waals surface area contributed by atoms with Crippen LogP contribution in [0.4, 0.5) is 10.8 Å². The van der Waals surface area contributed by atoms with Crippen LogP contribution in [-0.4, -0.2) is 44.7 Å². The fraction of sp³-hybridized carbons (Fsp3) is 0.417. The van der Waals surface area contributed by atoms with Gasteiger partial charge in [0.15, 0.2) is 11.7 Å². The van der Waals surface area contributed by atoms with Crippen molar-refractivity contribution in [1.29, 1.82) is 0 Å². The molecule has 1 aromatic carbocycles. The number of aryl methyl sites for hydroxylation is 1. The SMILES string of the molecule is CCCCCCN(C(=O)COC(=O)Cn1nc(C)c([N+](=O)[O-])c1C)c1nc(-c2ccccc2)cs1. The molecule has 2 heterocycles. The number of esters is 1. The number of nitrogens with zero attached hydrogens (tertiary/aromatic N) is 5. The van der Waals surface area contributed by atoms with E-state index in [9.17, 15) is 19.7 Å². The van der Waals surface area contributed by atoms with Crippen LogP contribution in [0.2, 0.25) is 0 Å². The minimum absolute atomic E-state index is 0.134. The number of unbranched alkanes of at least 4 members (excludes halogenated alkanes) is 3. The lowest BCUT2D eigenvalue weighted by Crippen LogP contribution is -2.36. The summed E-state index contributed by atoms with van der Waals surface area (Å²) in [5.41, 5.74) is 2.07. The van der Waals surface area contributed by atoms with Gasteiger partial charge in [-0.25, -0.2) is 4.98 Å². The molecule has 11 heteroatoms. The van der Waals surface area contributed by atoms with Gasteiger partial charge in [-0.15, -0.1) is 11.3 Å². The molecule has 0 aliphatic rings. The number of hydrogen-bond acceptors (Lipinski definition) is 8. The van der Waals surface area contributed by atoms with Crippen LogP contribution >= 0.6 is 11.3 Å². The Morgan fingerprint density at radius 2 is 1.91 bits per heavy atom. The van der Waals surface area contributed by atoms with Crippen molar-refractivity contribution in [1.82, 2.24) is 14.8 Å². The summed E-state index contributed by atoms with van der Waals surface area (Å²) in [5, 5.41) is 17.7. The Labute approximate surface area is 207 Å². The third kappa shape index (κ3) is 6.72. The summed E-state index contributed by atoms with van der Waals surface area (Å²) in [4.78, 5) is 42.2. The highest BCUT2D eigenvalue weighted by Crippen LogP contribution is 2.28. The minimum Gasteiger partial charge on any atom is -0.454 e. The summed E-state index contributed by atoms with van der Waals surface area (Å²) in [6.07, 6.45) is 3.93. The van der Waals surface area contributed by atoms with Crippen molar-refractivity contribution in [2.45, 2.75) is 53.0 Å². The van der Waals surface area contributed by atoms with E-state index in [1.54, 1.807) is 4.90 Å². The molecule has 0 bridgehead atoms. The van der Waals surface area contributed by atoms with Crippen molar-refractivity contribution >= 4 is 34.0 Å². The number of anilines is 1. The highest BCUT2D eigenvalue weighted by molar-refractivity contribution is 7.14. The van der Waals surface area contributed by atoms with Crippen LogP contribution in [0.25, 0.3) is 11.3 Å². The lowest BCUT2D eigenvalue weighted by Gasteiger charge is -2.20. The van der Waals surface area contributed by atoms with Crippen molar-refractivity contribution in [2.75, 3.05) is 18.1 Å². The average Bonchev–Trinajstić information content (AvgIpc) is 3.42. The van der Waals surface area contributed by atoms with E-state index in [2.05, 4.69) is 17.0 Å². The molecule has 0 fully saturated rings. The summed E-state index contributed by atoms with van der Waals surface area (Å²) in [5.74, 6) is -1.07. The third-order valence-electron chi connectivity index (χ3n) is 5.49. The van der Waals surface area contributed by atoms with E-state index in [-0.39, 0.29) is 29.5 Å². The molecule has 0 atom stereocenters. The van der Waals surface area contributed by atoms with E-state index < -0.39 is 17.5 Å². The molecule has 10 nitrogen and oxygen atoms in total. The second-order valence-corrected chi connectivity index (χ2v) is 8.92. The quantitative estimate of drug-likeness (QED) is 0.153. The first-order chi connectivity index (χ1) is 16.8. The predicted molar refractivity (Wildman–Crippen MR) is 133 cm³/mol.